The molecule has 18 heavy (non-hydrogen) atoms. The minimum atomic E-state index is -0.496. The fourth-order valence-electron chi connectivity index (χ4n) is 2.74. The van der Waals surface area contributed by atoms with E-state index in [4.69, 9.17) is 4.74 Å². The second-order valence-electron chi connectivity index (χ2n) is 5.19. The molecule has 0 radical (unpaired) electrons. The van der Waals surface area contributed by atoms with Crippen LogP contribution < -0.4 is 10.9 Å². The molecule has 2 aliphatic heterocycles. The minimum absolute atomic E-state index is 0.128. The molecule has 1 aliphatic carbocycles. The number of hydrazine groups is 1. The van der Waals surface area contributed by atoms with Gasteiger partial charge in [-0.05, 0) is 31.2 Å². The number of nitrogens with one attached hydrogen (secondary N) is 2. The number of hydrogen-bond acceptors (Lipinski definition) is 4. The van der Waals surface area contributed by atoms with E-state index in [1.54, 1.807) is 0 Å². The lowest BCUT2D eigenvalue weighted by Crippen LogP contribution is -2.68. The molecule has 0 atom stereocenters. The summed E-state index contributed by atoms with van der Waals surface area (Å²) in [4.78, 5) is 12.2. The van der Waals surface area contributed by atoms with Gasteiger partial charge in [0.05, 0.1) is 0 Å². The Labute approximate surface area is 107 Å². The molecule has 4 nitrogen and oxygen atoms in total. The van der Waals surface area contributed by atoms with Crippen molar-refractivity contribution in [1.29, 1.82) is 0 Å². The molecule has 3 fully saturated rings. The summed E-state index contributed by atoms with van der Waals surface area (Å²) in [5, 5.41) is 0. The van der Waals surface area contributed by atoms with Crippen molar-refractivity contribution in [2.45, 2.75) is 43.9 Å². The number of ether oxygens (including phenoxy) is 1. The summed E-state index contributed by atoms with van der Waals surface area (Å²) in [5.74, 6) is -0.128. The highest BCUT2D eigenvalue weighted by atomic mass is 16.5. The molecule has 4 rings (SSSR count). The van der Waals surface area contributed by atoms with Crippen molar-refractivity contribution in [3.63, 3.8) is 0 Å². The van der Waals surface area contributed by atoms with Crippen LogP contribution in [-0.4, -0.2) is 17.6 Å². The SMILES string of the molecule is O=C(OCc1ccccc1)C12CCC(CC1)NN2. The molecule has 2 bridgehead atoms. The number of benzene rings is 1. The molecule has 96 valence electrons. The summed E-state index contributed by atoms with van der Waals surface area (Å²) in [5.41, 5.74) is 6.86. The van der Waals surface area contributed by atoms with E-state index in [0.29, 0.717) is 12.6 Å². The van der Waals surface area contributed by atoms with E-state index in [1.165, 1.54) is 0 Å². The van der Waals surface area contributed by atoms with E-state index >= 15 is 0 Å². The smallest absolute Gasteiger partial charge is 0.327 e. The van der Waals surface area contributed by atoms with Crippen LogP contribution in [0.5, 0.6) is 0 Å². The normalized spacial score (nSPS) is 30.1. The van der Waals surface area contributed by atoms with Crippen LogP contribution in [0.15, 0.2) is 30.3 Å². The highest BCUT2D eigenvalue weighted by Gasteiger charge is 2.47. The van der Waals surface area contributed by atoms with Gasteiger partial charge in [0.15, 0.2) is 0 Å². The summed E-state index contributed by atoms with van der Waals surface area (Å²) >= 11 is 0. The second kappa shape index (κ2) is 4.71. The van der Waals surface area contributed by atoms with E-state index in [0.717, 1.165) is 31.2 Å². The first-order valence-corrected chi connectivity index (χ1v) is 6.52. The highest BCUT2D eigenvalue weighted by Crippen LogP contribution is 2.33. The number of rotatable bonds is 3. The molecule has 0 aromatic heterocycles. The van der Waals surface area contributed by atoms with Crippen LogP contribution in [0.2, 0.25) is 0 Å². The van der Waals surface area contributed by atoms with Crippen molar-refractivity contribution < 1.29 is 9.53 Å². The zero-order valence-electron chi connectivity index (χ0n) is 10.3. The Hall–Kier alpha value is -1.39. The average molecular weight is 246 g/mol. The molecule has 4 heteroatoms. The first kappa shape index (κ1) is 11.7. The second-order valence-corrected chi connectivity index (χ2v) is 5.19. The molecular weight excluding hydrogens is 228 g/mol. The van der Waals surface area contributed by atoms with Gasteiger partial charge in [-0.2, -0.15) is 0 Å². The van der Waals surface area contributed by atoms with Crippen molar-refractivity contribution >= 4 is 5.97 Å². The van der Waals surface area contributed by atoms with Crippen molar-refractivity contribution in [3.8, 4) is 0 Å². The van der Waals surface area contributed by atoms with Crippen LogP contribution in [0.4, 0.5) is 0 Å². The molecule has 0 spiro atoms. The van der Waals surface area contributed by atoms with Crippen LogP contribution in [0.25, 0.3) is 0 Å². The number of carbonyl (C=O) groups excluding carboxylic acids is 1. The Kier molecular flexibility index (Phi) is 3.06. The first-order valence-electron chi connectivity index (χ1n) is 6.52. The van der Waals surface area contributed by atoms with Gasteiger partial charge in [-0.1, -0.05) is 30.3 Å². The van der Waals surface area contributed by atoms with Gasteiger partial charge >= 0.3 is 5.97 Å². The van der Waals surface area contributed by atoms with Crippen LogP contribution in [0.3, 0.4) is 0 Å². The van der Waals surface area contributed by atoms with Gasteiger partial charge in [0, 0.05) is 6.04 Å². The predicted molar refractivity (Wildman–Crippen MR) is 67.5 cm³/mol. The molecule has 0 amide bonds. The van der Waals surface area contributed by atoms with Gasteiger partial charge in [0.25, 0.3) is 0 Å². The molecule has 1 aromatic rings. The van der Waals surface area contributed by atoms with Gasteiger partial charge in [-0.25, -0.2) is 10.2 Å². The Morgan fingerprint density at radius 2 is 2.00 bits per heavy atom. The topological polar surface area (TPSA) is 50.4 Å². The lowest BCUT2D eigenvalue weighted by Gasteiger charge is -2.45. The Balaban J connectivity index is 1.61. The summed E-state index contributed by atoms with van der Waals surface area (Å²) in [7, 11) is 0. The zero-order chi connectivity index (χ0) is 12.4. The number of hydrogen-bond donors (Lipinski definition) is 2. The lowest BCUT2D eigenvalue weighted by atomic mass is 9.78. The van der Waals surface area contributed by atoms with Gasteiger partial charge in [0.2, 0.25) is 0 Å². The number of fused-ring (bicyclic) bond motifs is 3. The lowest BCUT2D eigenvalue weighted by molar-refractivity contribution is -0.158. The Morgan fingerprint density at radius 1 is 1.28 bits per heavy atom. The summed E-state index contributed by atoms with van der Waals surface area (Å²) in [6.07, 6.45) is 3.84. The molecule has 2 saturated heterocycles. The van der Waals surface area contributed by atoms with Crippen molar-refractivity contribution in [2.75, 3.05) is 0 Å². The van der Waals surface area contributed by atoms with Crippen LogP contribution in [0, 0.1) is 0 Å². The van der Waals surface area contributed by atoms with Gasteiger partial charge in [-0.3, -0.25) is 5.43 Å². The van der Waals surface area contributed by atoms with E-state index in [1.807, 2.05) is 30.3 Å². The first-order chi connectivity index (χ1) is 8.78. The number of esters is 1. The molecule has 3 aliphatic rings. The fraction of sp³-hybridized carbons (Fsp3) is 0.500. The van der Waals surface area contributed by atoms with E-state index < -0.39 is 5.54 Å². The zero-order valence-corrected chi connectivity index (χ0v) is 10.3. The molecule has 2 heterocycles. The summed E-state index contributed by atoms with van der Waals surface area (Å²) in [6, 6.07) is 10.3. The third-order valence-corrected chi connectivity index (χ3v) is 3.96. The van der Waals surface area contributed by atoms with Gasteiger partial charge in [-0.15, -0.1) is 0 Å². The maximum Gasteiger partial charge on any atom is 0.327 e. The monoisotopic (exact) mass is 246 g/mol. The standard InChI is InChI=1S/C14H18N2O2/c17-13(18-10-11-4-2-1-3-5-11)14-8-6-12(7-9-14)15-16-14/h1-5,12,15-16H,6-10H2. The van der Waals surface area contributed by atoms with Crippen molar-refractivity contribution in [2.24, 2.45) is 0 Å². The third kappa shape index (κ3) is 2.13. The summed E-state index contributed by atoms with van der Waals surface area (Å²) in [6.45, 7) is 0.354. The Morgan fingerprint density at radius 3 is 2.61 bits per heavy atom. The van der Waals surface area contributed by atoms with E-state index in [2.05, 4.69) is 10.9 Å². The third-order valence-electron chi connectivity index (χ3n) is 3.96. The fourth-order valence-corrected chi connectivity index (χ4v) is 2.74. The number of carbonyl (C=O) groups is 1. The predicted octanol–water partition coefficient (Wildman–Crippen LogP) is 1.52. The van der Waals surface area contributed by atoms with Gasteiger partial charge < -0.3 is 4.74 Å². The molecular formula is C14H18N2O2. The van der Waals surface area contributed by atoms with Gasteiger partial charge in [0.1, 0.15) is 12.1 Å². The molecule has 1 saturated carbocycles. The van der Waals surface area contributed by atoms with Crippen LogP contribution >= 0.6 is 0 Å². The van der Waals surface area contributed by atoms with Crippen molar-refractivity contribution in [3.05, 3.63) is 35.9 Å². The largest absolute Gasteiger partial charge is 0.459 e. The van der Waals surface area contributed by atoms with E-state index in [-0.39, 0.29) is 5.97 Å². The van der Waals surface area contributed by atoms with Crippen LogP contribution in [0.1, 0.15) is 31.2 Å². The average Bonchev–Trinajstić information content (AvgIpc) is 2.48. The van der Waals surface area contributed by atoms with Crippen LogP contribution in [-0.2, 0) is 16.1 Å². The molecule has 0 unspecified atom stereocenters. The summed E-state index contributed by atoms with van der Waals surface area (Å²) < 4.78 is 5.44. The van der Waals surface area contributed by atoms with E-state index in [9.17, 15) is 4.79 Å². The maximum atomic E-state index is 12.2. The minimum Gasteiger partial charge on any atom is -0.459 e. The highest BCUT2D eigenvalue weighted by molar-refractivity contribution is 5.81. The van der Waals surface area contributed by atoms with Crippen molar-refractivity contribution in [1.82, 2.24) is 10.9 Å². The maximum absolute atomic E-state index is 12.2. The molecule has 1 aromatic carbocycles. The quantitative estimate of drug-likeness (QED) is 0.794. The molecule has 2 N–H and O–H groups in total. The Bertz CT molecular complexity index is 411.